The van der Waals surface area contributed by atoms with Crippen LogP contribution < -0.4 is 5.73 Å². The first-order valence-electron chi connectivity index (χ1n) is 7.45. The maximum absolute atomic E-state index is 13.3. The van der Waals surface area contributed by atoms with Crippen LogP contribution in [0.4, 0.5) is 14.5 Å². The van der Waals surface area contributed by atoms with Crippen LogP contribution in [-0.2, 0) is 0 Å². The molecular weight excluding hydrogens is 292 g/mol. The van der Waals surface area contributed by atoms with Gasteiger partial charge in [0.05, 0.1) is 0 Å². The van der Waals surface area contributed by atoms with Gasteiger partial charge in [0.25, 0.3) is 0 Å². The lowest BCUT2D eigenvalue weighted by Crippen LogP contribution is -1.96. The van der Waals surface area contributed by atoms with Gasteiger partial charge in [-0.15, -0.1) is 0 Å². The Hall–Kier alpha value is -2.78. The van der Waals surface area contributed by atoms with Gasteiger partial charge < -0.3 is 5.73 Å². The fourth-order valence-corrected chi connectivity index (χ4v) is 1.87. The molecule has 0 atom stereocenters. The molecule has 0 fully saturated rings. The Morgan fingerprint density at radius 3 is 1.96 bits per heavy atom. The van der Waals surface area contributed by atoms with Crippen LogP contribution in [0, 0.1) is 35.3 Å². The number of unbranched alkanes of at least 4 members (excludes halogenated alkanes) is 2. The van der Waals surface area contributed by atoms with Gasteiger partial charge in [0.15, 0.2) is 0 Å². The number of anilines is 1. The Morgan fingerprint density at radius 2 is 1.39 bits per heavy atom. The van der Waals surface area contributed by atoms with Crippen molar-refractivity contribution in [3.8, 4) is 23.7 Å². The van der Waals surface area contributed by atoms with Gasteiger partial charge in [-0.05, 0) is 42.8 Å². The summed E-state index contributed by atoms with van der Waals surface area (Å²) >= 11 is 0. The Balaban J connectivity index is 2.11. The summed E-state index contributed by atoms with van der Waals surface area (Å²) in [5.41, 5.74) is 6.66. The average Bonchev–Trinajstić information content (AvgIpc) is 2.55. The number of hydrogen-bond acceptors (Lipinski definition) is 1. The van der Waals surface area contributed by atoms with Gasteiger partial charge in [-0.3, -0.25) is 0 Å². The molecule has 0 aromatic heterocycles. The smallest absolute Gasteiger partial charge is 0.150 e. The van der Waals surface area contributed by atoms with Crippen LogP contribution >= 0.6 is 0 Å². The summed E-state index contributed by atoms with van der Waals surface area (Å²) < 4.78 is 26.7. The molecule has 2 aromatic rings. The lowest BCUT2D eigenvalue weighted by atomic mass is 10.1. The lowest BCUT2D eigenvalue weighted by Gasteiger charge is -1.99. The summed E-state index contributed by atoms with van der Waals surface area (Å²) in [6, 6.07) is 9.68. The Morgan fingerprint density at radius 1 is 0.870 bits per heavy atom. The largest absolute Gasteiger partial charge is 0.394 e. The number of hydrogen-bond donors (Lipinski definition) is 1. The van der Waals surface area contributed by atoms with E-state index in [1.165, 1.54) is 0 Å². The number of nitrogens with two attached hydrogens (primary N) is 1. The topological polar surface area (TPSA) is 26.0 Å². The van der Waals surface area contributed by atoms with Crippen molar-refractivity contribution in [1.82, 2.24) is 0 Å². The molecule has 2 aromatic carbocycles. The zero-order chi connectivity index (χ0) is 16.7. The predicted molar refractivity (Wildman–Crippen MR) is 89.6 cm³/mol. The highest BCUT2D eigenvalue weighted by atomic mass is 19.1. The summed E-state index contributed by atoms with van der Waals surface area (Å²) in [6.07, 6.45) is 3.13. The molecule has 1 nitrogen and oxygen atoms in total. The third-order valence-electron chi connectivity index (χ3n) is 3.20. The van der Waals surface area contributed by atoms with Crippen LogP contribution in [-0.4, -0.2) is 0 Å². The first-order chi connectivity index (χ1) is 11.1. The number of benzene rings is 2. The van der Waals surface area contributed by atoms with Crippen molar-refractivity contribution in [2.24, 2.45) is 0 Å². The second kappa shape index (κ2) is 8.01. The minimum Gasteiger partial charge on any atom is -0.394 e. The number of rotatable bonds is 2. The van der Waals surface area contributed by atoms with Crippen molar-refractivity contribution >= 4 is 5.69 Å². The zero-order valence-electron chi connectivity index (χ0n) is 12.9. The zero-order valence-corrected chi connectivity index (χ0v) is 12.9. The summed E-state index contributed by atoms with van der Waals surface area (Å²) in [7, 11) is 0. The van der Waals surface area contributed by atoms with Gasteiger partial charge in [-0.25, -0.2) is 8.78 Å². The van der Waals surface area contributed by atoms with E-state index in [2.05, 4.69) is 30.6 Å². The van der Waals surface area contributed by atoms with Gasteiger partial charge in [0.1, 0.15) is 17.3 Å². The molecule has 116 valence electrons. The summed E-state index contributed by atoms with van der Waals surface area (Å²) in [5.74, 6) is 10.2. The first-order valence-corrected chi connectivity index (χ1v) is 7.45. The molecule has 3 heteroatoms. The van der Waals surface area contributed by atoms with Gasteiger partial charge in [-0.1, -0.05) is 37.0 Å². The molecule has 0 radical (unpaired) electrons. The van der Waals surface area contributed by atoms with E-state index in [1.54, 1.807) is 0 Å². The van der Waals surface area contributed by atoms with E-state index in [4.69, 9.17) is 5.73 Å². The van der Waals surface area contributed by atoms with Crippen molar-refractivity contribution in [3.05, 3.63) is 64.7 Å². The minimum atomic E-state index is -0.799. The Kier molecular flexibility index (Phi) is 5.78. The van der Waals surface area contributed by atoms with E-state index in [0.29, 0.717) is 0 Å². The van der Waals surface area contributed by atoms with Crippen molar-refractivity contribution in [2.75, 3.05) is 5.73 Å². The quantitative estimate of drug-likeness (QED) is 0.494. The fourth-order valence-electron chi connectivity index (χ4n) is 1.87. The third-order valence-corrected chi connectivity index (χ3v) is 3.20. The molecule has 0 heterocycles. The van der Waals surface area contributed by atoms with Gasteiger partial charge >= 0.3 is 0 Å². The van der Waals surface area contributed by atoms with E-state index < -0.39 is 17.3 Å². The van der Waals surface area contributed by atoms with E-state index in [-0.39, 0.29) is 5.56 Å². The highest BCUT2D eigenvalue weighted by Gasteiger charge is 2.05. The van der Waals surface area contributed by atoms with Crippen molar-refractivity contribution in [2.45, 2.75) is 26.2 Å². The molecule has 0 aliphatic rings. The molecule has 0 unspecified atom stereocenters. The van der Waals surface area contributed by atoms with Crippen LogP contribution in [0.15, 0.2) is 36.4 Å². The average molecular weight is 309 g/mol. The van der Waals surface area contributed by atoms with Crippen LogP contribution in [0.2, 0.25) is 0 Å². The van der Waals surface area contributed by atoms with Crippen LogP contribution in [0.1, 0.15) is 42.9 Å². The minimum absolute atomic E-state index is 0.248. The van der Waals surface area contributed by atoms with E-state index >= 15 is 0 Å². The van der Waals surface area contributed by atoms with E-state index in [1.807, 2.05) is 24.3 Å². The number of nitrogen functional groups attached to an aromatic ring is 1. The van der Waals surface area contributed by atoms with Gasteiger partial charge in [-0.2, -0.15) is 0 Å². The second-order valence-electron chi connectivity index (χ2n) is 5.09. The summed E-state index contributed by atoms with van der Waals surface area (Å²) in [5, 5.41) is 0. The standard InChI is InChI=1S/C20H17F2N/c1-2-3-4-5-6-15-7-9-16(10-8-15)11-12-17-13-18(21)20(23)19(22)14-17/h7-10,13-14H,2-4,23H2,1H3. The first kappa shape index (κ1) is 16.6. The van der Waals surface area contributed by atoms with Crippen LogP contribution in [0.3, 0.4) is 0 Å². The highest BCUT2D eigenvalue weighted by molar-refractivity contribution is 5.50. The molecule has 0 saturated carbocycles. The molecule has 2 N–H and O–H groups in total. The Labute approximate surface area is 135 Å². The van der Waals surface area contributed by atoms with E-state index in [0.717, 1.165) is 42.5 Å². The fraction of sp³-hybridized carbons (Fsp3) is 0.200. The lowest BCUT2D eigenvalue weighted by molar-refractivity contribution is 0.591. The molecule has 0 spiro atoms. The molecule has 0 aliphatic heterocycles. The normalized spacial score (nSPS) is 9.52. The van der Waals surface area contributed by atoms with Gasteiger partial charge in [0, 0.05) is 23.1 Å². The molecular formula is C20H17F2N. The maximum Gasteiger partial charge on any atom is 0.150 e. The van der Waals surface area contributed by atoms with Gasteiger partial charge in [0.2, 0.25) is 0 Å². The van der Waals surface area contributed by atoms with Crippen LogP contribution in [0.5, 0.6) is 0 Å². The summed E-state index contributed by atoms with van der Waals surface area (Å²) in [4.78, 5) is 0. The van der Waals surface area contributed by atoms with Crippen LogP contribution in [0.25, 0.3) is 0 Å². The van der Waals surface area contributed by atoms with E-state index in [9.17, 15) is 8.78 Å². The monoisotopic (exact) mass is 309 g/mol. The molecule has 0 bridgehead atoms. The Bertz CT molecular complexity index is 777. The highest BCUT2D eigenvalue weighted by Crippen LogP contribution is 2.16. The van der Waals surface area contributed by atoms with Crippen molar-refractivity contribution in [3.63, 3.8) is 0 Å². The maximum atomic E-state index is 13.3. The molecule has 0 saturated heterocycles. The SMILES string of the molecule is CCCCC#Cc1ccc(C#Cc2cc(F)c(N)c(F)c2)cc1. The predicted octanol–water partition coefficient (Wildman–Crippen LogP) is 4.49. The third kappa shape index (κ3) is 4.87. The van der Waals surface area contributed by atoms with Crippen molar-refractivity contribution in [1.29, 1.82) is 0 Å². The molecule has 0 aliphatic carbocycles. The molecule has 0 amide bonds. The molecule has 2 rings (SSSR count). The molecule has 23 heavy (non-hydrogen) atoms. The number of halogens is 2. The summed E-state index contributed by atoms with van der Waals surface area (Å²) in [6.45, 7) is 2.13. The second-order valence-corrected chi connectivity index (χ2v) is 5.09. The van der Waals surface area contributed by atoms with Crippen molar-refractivity contribution < 1.29 is 8.78 Å².